The van der Waals surface area contributed by atoms with Gasteiger partial charge in [0.15, 0.2) is 28.8 Å². The SMILES string of the molecule is Fc1cc(Cl)cnc1OI. The van der Waals surface area contributed by atoms with Crippen LogP contribution in [0.2, 0.25) is 5.02 Å². The second-order valence-corrected chi connectivity index (χ2v) is 2.39. The van der Waals surface area contributed by atoms with E-state index in [4.69, 9.17) is 11.6 Å². The highest BCUT2D eigenvalue weighted by Crippen LogP contribution is 2.18. The fourth-order valence-electron chi connectivity index (χ4n) is 0.459. The lowest BCUT2D eigenvalue weighted by molar-refractivity contribution is 0.548. The Bertz CT molecular complexity index is 245. The van der Waals surface area contributed by atoms with Crippen molar-refractivity contribution in [1.29, 1.82) is 0 Å². The molecule has 0 aliphatic carbocycles. The molecule has 0 saturated carbocycles. The van der Waals surface area contributed by atoms with Crippen LogP contribution in [-0.4, -0.2) is 4.98 Å². The summed E-state index contributed by atoms with van der Waals surface area (Å²) in [5, 5.41) is 0.259. The molecule has 0 aliphatic rings. The molecule has 0 saturated heterocycles. The van der Waals surface area contributed by atoms with Gasteiger partial charge in [-0.25, -0.2) is 9.37 Å². The Hall–Kier alpha value is -0.100. The van der Waals surface area contributed by atoms with Crippen LogP contribution in [0.4, 0.5) is 4.39 Å². The molecular weight excluding hydrogens is 271 g/mol. The molecule has 0 atom stereocenters. The van der Waals surface area contributed by atoms with Gasteiger partial charge in [0.05, 0.1) is 5.02 Å². The van der Waals surface area contributed by atoms with E-state index >= 15 is 0 Å². The monoisotopic (exact) mass is 273 g/mol. The second kappa shape index (κ2) is 3.34. The molecule has 2 nitrogen and oxygen atoms in total. The summed E-state index contributed by atoms with van der Waals surface area (Å²) in [6.45, 7) is 0. The number of halogens is 3. The average molecular weight is 273 g/mol. The van der Waals surface area contributed by atoms with E-state index in [0.29, 0.717) is 0 Å². The summed E-state index contributed by atoms with van der Waals surface area (Å²) in [4.78, 5) is 3.56. The van der Waals surface area contributed by atoms with Crippen molar-refractivity contribution in [2.24, 2.45) is 0 Å². The molecule has 1 rings (SSSR count). The van der Waals surface area contributed by atoms with Crippen molar-refractivity contribution in [2.45, 2.75) is 0 Å². The first-order valence-electron chi connectivity index (χ1n) is 2.33. The normalized spacial score (nSPS) is 9.50. The predicted molar refractivity (Wildman–Crippen MR) is 43.9 cm³/mol. The van der Waals surface area contributed by atoms with Crippen LogP contribution in [-0.2, 0) is 0 Å². The van der Waals surface area contributed by atoms with Crippen molar-refractivity contribution >= 4 is 34.6 Å². The van der Waals surface area contributed by atoms with Crippen LogP contribution in [0.3, 0.4) is 0 Å². The second-order valence-electron chi connectivity index (χ2n) is 1.52. The number of aromatic nitrogens is 1. The van der Waals surface area contributed by atoms with Gasteiger partial charge in [0.2, 0.25) is 0 Å². The number of nitrogens with zero attached hydrogens (tertiary/aromatic N) is 1. The summed E-state index contributed by atoms with van der Waals surface area (Å²) in [6, 6.07) is 1.14. The Balaban J connectivity index is 3.07. The summed E-state index contributed by atoms with van der Waals surface area (Å²) >= 11 is 6.96. The van der Waals surface area contributed by atoms with E-state index in [9.17, 15) is 4.39 Å². The third-order valence-corrected chi connectivity index (χ3v) is 1.47. The highest BCUT2D eigenvalue weighted by atomic mass is 127. The molecule has 0 bridgehead atoms. The molecule has 0 spiro atoms. The van der Waals surface area contributed by atoms with Gasteiger partial charge in [-0.1, -0.05) is 11.6 Å². The van der Waals surface area contributed by atoms with Gasteiger partial charge in [-0.15, -0.1) is 0 Å². The Morgan fingerprint density at radius 2 is 2.40 bits per heavy atom. The van der Waals surface area contributed by atoms with Gasteiger partial charge in [0, 0.05) is 6.20 Å². The molecule has 0 radical (unpaired) electrons. The van der Waals surface area contributed by atoms with E-state index in [1.54, 1.807) is 23.0 Å². The largest absolute Gasteiger partial charge is 0.405 e. The average Bonchev–Trinajstić information content (AvgIpc) is 1.88. The first-order chi connectivity index (χ1) is 4.74. The zero-order valence-electron chi connectivity index (χ0n) is 4.64. The quantitative estimate of drug-likeness (QED) is 0.734. The highest BCUT2D eigenvalue weighted by Gasteiger charge is 2.03. The molecule has 0 unspecified atom stereocenters. The maximum atomic E-state index is 12.6. The fraction of sp³-hybridized carbons (Fsp3) is 0. The lowest BCUT2D eigenvalue weighted by Crippen LogP contribution is -1.85. The van der Waals surface area contributed by atoms with Gasteiger partial charge in [-0.05, 0) is 6.07 Å². The van der Waals surface area contributed by atoms with Crippen LogP contribution in [0.5, 0.6) is 5.88 Å². The number of hydrogen-bond acceptors (Lipinski definition) is 2. The Kier molecular flexibility index (Phi) is 2.67. The zero-order valence-corrected chi connectivity index (χ0v) is 7.56. The minimum atomic E-state index is -0.554. The van der Waals surface area contributed by atoms with Gasteiger partial charge in [-0.3, -0.25) is 0 Å². The third-order valence-electron chi connectivity index (χ3n) is 0.847. The van der Waals surface area contributed by atoms with Gasteiger partial charge < -0.3 is 3.07 Å². The van der Waals surface area contributed by atoms with Crippen LogP contribution >= 0.6 is 34.6 Å². The van der Waals surface area contributed by atoms with Crippen molar-refractivity contribution in [3.05, 3.63) is 23.1 Å². The highest BCUT2D eigenvalue weighted by molar-refractivity contribution is 14.1. The summed E-state index contributed by atoms with van der Waals surface area (Å²) in [5.74, 6) is -0.605. The third kappa shape index (κ3) is 1.69. The fourth-order valence-corrected chi connectivity index (χ4v) is 0.927. The van der Waals surface area contributed by atoms with Crippen LogP contribution < -0.4 is 3.07 Å². The van der Waals surface area contributed by atoms with E-state index in [1.165, 1.54) is 6.20 Å². The van der Waals surface area contributed by atoms with E-state index in [2.05, 4.69) is 8.05 Å². The lowest BCUT2D eigenvalue weighted by atomic mass is 10.5. The number of rotatable bonds is 1. The van der Waals surface area contributed by atoms with Crippen molar-refractivity contribution in [2.75, 3.05) is 0 Å². The first kappa shape index (κ1) is 8.00. The minimum Gasteiger partial charge on any atom is -0.405 e. The van der Waals surface area contributed by atoms with Crippen LogP contribution in [0, 0.1) is 5.82 Å². The van der Waals surface area contributed by atoms with Gasteiger partial charge in [-0.2, -0.15) is 0 Å². The first-order valence-corrected chi connectivity index (χ1v) is 3.59. The standard InChI is InChI=1S/C5H2ClFINO/c6-3-1-4(7)5(10-8)9-2-3/h1-2H. The summed E-state index contributed by atoms with van der Waals surface area (Å²) in [6.07, 6.45) is 1.32. The Morgan fingerprint density at radius 1 is 1.70 bits per heavy atom. The van der Waals surface area contributed by atoms with E-state index in [1.807, 2.05) is 0 Å². The zero-order chi connectivity index (χ0) is 7.56. The minimum absolute atomic E-state index is 0.0509. The van der Waals surface area contributed by atoms with Crippen molar-refractivity contribution in [1.82, 2.24) is 4.98 Å². The van der Waals surface area contributed by atoms with E-state index < -0.39 is 5.82 Å². The summed E-state index contributed by atoms with van der Waals surface area (Å²) < 4.78 is 17.1. The maximum absolute atomic E-state index is 12.6. The van der Waals surface area contributed by atoms with Crippen LogP contribution in [0.25, 0.3) is 0 Å². The van der Waals surface area contributed by atoms with Crippen LogP contribution in [0.1, 0.15) is 0 Å². The van der Waals surface area contributed by atoms with Gasteiger partial charge in [0.25, 0.3) is 5.88 Å². The number of pyridine rings is 1. The molecule has 0 amide bonds. The van der Waals surface area contributed by atoms with E-state index in [0.717, 1.165) is 6.07 Å². The van der Waals surface area contributed by atoms with E-state index in [-0.39, 0.29) is 10.9 Å². The molecule has 1 aromatic rings. The molecule has 54 valence electrons. The van der Waals surface area contributed by atoms with Crippen molar-refractivity contribution in [3.63, 3.8) is 0 Å². The molecule has 0 N–H and O–H groups in total. The molecule has 5 heteroatoms. The van der Waals surface area contributed by atoms with Gasteiger partial charge >= 0.3 is 0 Å². The van der Waals surface area contributed by atoms with Crippen molar-refractivity contribution in [3.8, 4) is 5.88 Å². The maximum Gasteiger partial charge on any atom is 0.260 e. The molecule has 1 heterocycles. The summed E-state index contributed by atoms with van der Waals surface area (Å²) in [5.41, 5.74) is 0. The molecular formula is C5H2ClFINO. The smallest absolute Gasteiger partial charge is 0.260 e. The molecule has 0 aliphatic heterocycles. The number of hydrogen-bond donors (Lipinski definition) is 0. The Morgan fingerprint density at radius 3 is 2.90 bits per heavy atom. The molecule has 0 aromatic carbocycles. The van der Waals surface area contributed by atoms with Crippen LogP contribution in [0.15, 0.2) is 12.3 Å². The molecule has 1 aromatic heterocycles. The topological polar surface area (TPSA) is 22.1 Å². The predicted octanol–water partition coefficient (Wildman–Crippen LogP) is 2.60. The van der Waals surface area contributed by atoms with Gasteiger partial charge in [0.1, 0.15) is 0 Å². The lowest BCUT2D eigenvalue weighted by Gasteiger charge is -1.95. The summed E-state index contributed by atoms with van der Waals surface area (Å²) in [7, 11) is 0. The van der Waals surface area contributed by atoms with Crippen molar-refractivity contribution < 1.29 is 7.46 Å². The molecule has 10 heavy (non-hydrogen) atoms. The Labute approximate surface area is 76.0 Å². The molecule has 0 fully saturated rings.